The fraction of sp³-hybridized carbons (Fsp3) is 0.429. The number of hydrogen-bond donors (Lipinski definition) is 2. The second-order valence-electron chi connectivity index (χ2n) is 5.27. The van der Waals surface area contributed by atoms with E-state index in [-0.39, 0.29) is 24.5 Å². The number of benzene rings is 1. The number of ether oxygens (including phenoxy) is 1. The van der Waals surface area contributed by atoms with Crippen molar-refractivity contribution in [3.05, 3.63) is 29.8 Å². The molecular formula is C14H19NO4. The topological polar surface area (TPSA) is 75.6 Å². The minimum absolute atomic E-state index is 0.128. The molecule has 0 aliphatic heterocycles. The zero-order chi connectivity index (χ0) is 14.5. The molecule has 1 amide bonds. The smallest absolute Gasteiger partial charge is 0.307 e. The Morgan fingerprint density at radius 3 is 2.47 bits per heavy atom. The van der Waals surface area contributed by atoms with Crippen LogP contribution in [0.5, 0.6) is 5.75 Å². The summed E-state index contributed by atoms with van der Waals surface area (Å²) < 4.78 is 5.37. The van der Waals surface area contributed by atoms with E-state index in [0.717, 1.165) is 0 Å². The lowest BCUT2D eigenvalue weighted by molar-refractivity contribution is -0.136. The monoisotopic (exact) mass is 265 g/mol. The summed E-state index contributed by atoms with van der Waals surface area (Å²) in [5, 5.41) is 11.6. The molecule has 0 atom stereocenters. The van der Waals surface area contributed by atoms with Crippen LogP contribution in [0.1, 0.15) is 26.3 Å². The molecule has 0 aliphatic carbocycles. The molecule has 5 heteroatoms. The lowest BCUT2D eigenvalue weighted by atomic mass is 10.1. The molecular weight excluding hydrogens is 246 g/mol. The molecule has 19 heavy (non-hydrogen) atoms. The highest BCUT2D eigenvalue weighted by Crippen LogP contribution is 2.18. The van der Waals surface area contributed by atoms with E-state index in [9.17, 15) is 9.59 Å². The molecule has 1 aromatic carbocycles. The third kappa shape index (κ3) is 5.90. The Balaban J connectivity index is 2.62. The number of amides is 1. The van der Waals surface area contributed by atoms with E-state index in [1.165, 1.54) is 0 Å². The van der Waals surface area contributed by atoms with E-state index in [1.54, 1.807) is 24.3 Å². The molecule has 0 heterocycles. The van der Waals surface area contributed by atoms with Gasteiger partial charge in [0.05, 0.1) is 6.42 Å². The zero-order valence-electron chi connectivity index (χ0n) is 11.4. The number of carboxylic acids is 1. The van der Waals surface area contributed by atoms with Gasteiger partial charge < -0.3 is 15.2 Å². The zero-order valence-corrected chi connectivity index (χ0v) is 11.4. The summed E-state index contributed by atoms with van der Waals surface area (Å²) >= 11 is 0. The molecule has 0 radical (unpaired) electrons. The third-order valence-electron chi connectivity index (χ3n) is 2.19. The standard InChI is InChI=1S/C14H19NO4/c1-14(2,3)15-12(16)9-19-11-7-5-4-6-10(11)8-13(17)18/h4-7H,8-9H2,1-3H3,(H,15,16)(H,17,18). The van der Waals surface area contributed by atoms with Gasteiger partial charge >= 0.3 is 5.97 Å². The quantitative estimate of drug-likeness (QED) is 0.848. The molecule has 0 fully saturated rings. The van der Waals surface area contributed by atoms with Crippen LogP contribution in [0.3, 0.4) is 0 Å². The van der Waals surface area contributed by atoms with Crippen LogP contribution >= 0.6 is 0 Å². The molecule has 0 aromatic heterocycles. The predicted octanol–water partition coefficient (Wildman–Crippen LogP) is 1.61. The fourth-order valence-corrected chi connectivity index (χ4v) is 1.55. The van der Waals surface area contributed by atoms with Gasteiger partial charge in [0.25, 0.3) is 5.91 Å². The first kappa shape index (κ1) is 15.0. The molecule has 5 nitrogen and oxygen atoms in total. The molecule has 1 rings (SSSR count). The molecule has 0 bridgehead atoms. The van der Waals surface area contributed by atoms with E-state index in [1.807, 2.05) is 20.8 Å². The summed E-state index contributed by atoms with van der Waals surface area (Å²) in [5.41, 5.74) is 0.236. The van der Waals surface area contributed by atoms with Crippen molar-refractivity contribution in [3.63, 3.8) is 0 Å². The highest BCUT2D eigenvalue weighted by molar-refractivity contribution is 5.78. The second-order valence-corrected chi connectivity index (χ2v) is 5.27. The molecule has 104 valence electrons. The average Bonchev–Trinajstić information content (AvgIpc) is 2.24. The van der Waals surface area contributed by atoms with Crippen molar-refractivity contribution < 1.29 is 19.4 Å². The van der Waals surface area contributed by atoms with Crippen LogP contribution in [0.25, 0.3) is 0 Å². The largest absolute Gasteiger partial charge is 0.483 e. The van der Waals surface area contributed by atoms with Gasteiger partial charge in [-0.2, -0.15) is 0 Å². The molecule has 1 aromatic rings. The van der Waals surface area contributed by atoms with Gasteiger partial charge in [-0.15, -0.1) is 0 Å². The van der Waals surface area contributed by atoms with Crippen molar-refractivity contribution in [3.8, 4) is 5.75 Å². The number of aliphatic carboxylic acids is 1. The van der Waals surface area contributed by atoms with E-state index < -0.39 is 5.97 Å². The number of carbonyl (C=O) groups excluding carboxylic acids is 1. The van der Waals surface area contributed by atoms with Gasteiger partial charge in [-0.25, -0.2) is 0 Å². The maximum absolute atomic E-state index is 11.6. The van der Waals surface area contributed by atoms with E-state index >= 15 is 0 Å². The number of carbonyl (C=O) groups is 2. The lowest BCUT2D eigenvalue weighted by Crippen LogP contribution is -2.43. The number of rotatable bonds is 5. The molecule has 2 N–H and O–H groups in total. The number of carboxylic acid groups (broad SMARTS) is 1. The Bertz CT molecular complexity index is 463. The highest BCUT2D eigenvalue weighted by Gasteiger charge is 2.15. The van der Waals surface area contributed by atoms with Gasteiger partial charge in [0, 0.05) is 11.1 Å². The number of hydrogen-bond acceptors (Lipinski definition) is 3. The van der Waals surface area contributed by atoms with Gasteiger partial charge in [0.1, 0.15) is 5.75 Å². The second kappa shape index (κ2) is 6.22. The molecule has 0 saturated heterocycles. The SMILES string of the molecule is CC(C)(C)NC(=O)COc1ccccc1CC(=O)O. The molecule has 0 spiro atoms. The summed E-state index contributed by atoms with van der Waals surface area (Å²) in [6.45, 7) is 5.50. The molecule has 0 unspecified atom stereocenters. The molecule has 0 aliphatic rings. The van der Waals surface area contributed by atoms with Crippen LogP contribution in [0.2, 0.25) is 0 Å². The maximum Gasteiger partial charge on any atom is 0.307 e. The van der Waals surface area contributed by atoms with E-state index in [4.69, 9.17) is 9.84 Å². The first-order valence-electron chi connectivity index (χ1n) is 6.01. The van der Waals surface area contributed by atoms with Crippen molar-refractivity contribution >= 4 is 11.9 Å². The van der Waals surface area contributed by atoms with Crippen LogP contribution < -0.4 is 10.1 Å². The first-order chi connectivity index (χ1) is 8.78. The van der Waals surface area contributed by atoms with Gasteiger partial charge in [0.2, 0.25) is 0 Å². The van der Waals surface area contributed by atoms with Gasteiger partial charge in [-0.05, 0) is 26.8 Å². The van der Waals surface area contributed by atoms with Crippen LogP contribution in [0.15, 0.2) is 24.3 Å². The minimum Gasteiger partial charge on any atom is -0.483 e. The van der Waals surface area contributed by atoms with Crippen molar-refractivity contribution in [2.24, 2.45) is 0 Å². The summed E-state index contributed by atoms with van der Waals surface area (Å²) in [5.74, 6) is -0.748. The highest BCUT2D eigenvalue weighted by atomic mass is 16.5. The van der Waals surface area contributed by atoms with Crippen molar-refractivity contribution in [1.29, 1.82) is 0 Å². The van der Waals surface area contributed by atoms with Crippen molar-refractivity contribution in [1.82, 2.24) is 5.32 Å². The predicted molar refractivity (Wildman–Crippen MR) is 71.2 cm³/mol. The Morgan fingerprint density at radius 2 is 1.89 bits per heavy atom. The number of nitrogens with one attached hydrogen (secondary N) is 1. The van der Waals surface area contributed by atoms with E-state index in [2.05, 4.69) is 5.32 Å². The normalized spacial score (nSPS) is 10.9. The lowest BCUT2D eigenvalue weighted by Gasteiger charge is -2.20. The Labute approximate surface area is 112 Å². The molecule has 0 saturated carbocycles. The Kier molecular flexibility index (Phi) is 4.92. The van der Waals surface area contributed by atoms with Gasteiger partial charge in [-0.1, -0.05) is 18.2 Å². The van der Waals surface area contributed by atoms with Gasteiger partial charge in [-0.3, -0.25) is 9.59 Å². The van der Waals surface area contributed by atoms with Crippen molar-refractivity contribution in [2.45, 2.75) is 32.7 Å². The summed E-state index contributed by atoms with van der Waals surface area (Å²) in [4.78, 5) is 22.3. The average molecular weight is 265 g/mol. The van der Waals surface area contributed by atoms with Crippen LogP contribution in [-0.4, -0.2) is 29.1 Å². The Hall–Kier alpha value is -2.04. The first-order valence-corrected chi connectivity index (χ1v) is 6.01. The summed E-state index contributed by atoms with van der Waals surface area (Å²) in [6.07, 6.45) is -0.128. The summed E-state index contributed by atoms with van der Waals surface area (Å²) in [7, 11) is 0. The van der Waals surface area contributed by atoms with E-state index in [0.29, 0.717) is 11.3 Å². The minimum atomic E-state index is -0.935. The Morgan fingerprint density at radius 1 is 1.26 bits per heavy atom. The fourth-order valence-electron chi connectivity index (χ4n) is 1.55. The van der Waals surface area contributed by atoms with Crippen molar-refractivity contribution in [2.75, 3.05) is 6.61 Å². The van der Waals surface area contributed by atoms with Crippen LogP contribution in [-0.2, 0) is 16.0 Å². The van der Waals surface area contributed by atoms with Crippen LogP contribution in [0.4, 0.5) is 0 Å². The third-order valence-corrected chi connectivity index (χ3v) is 2.19. The summed E-state index contributed by atoms with van der Waals surface area (Å²) in [6, 6.07) is 6.80. The van der Waals surface area contributed by atoms with Crippen LogP contribution in [0, 0.1) is 0 Å². The number of para-hydroxylation sites is 1. The van der Waals surface area contributed by atoms with Gasteiger partial charge in [0.15, 0.2) is 6.61 Å². The maximum atomic E-state index is 11.6.